The monoisotopic (exact) mass is 172 g/mol. The maximum Gasteiger partial charge on any atom is 0.117 e. The van der Waals surface area contributed by atoms with E-state index in [1.165, 1.54) is 0 Å². The van der Waals surface area contributed by atoms with Gasteiger partial charge in [-0.25, -0.2) is 0 Å². The van der Waals surface area contributed by atoms with Crippen molar-refractivity contribution in [1.82, 2.24) is 0 Å². The minimum absolute atomic E-state index is 0.0480. The van der Waals surface area contributed by atoms with Crippen LogP contribution in [-0.4, -0.2) is 37.6 Å². The summed E-state index contributed by atoms with van der Waals surface area (Å²) in [4.78, 5) is 0. The molecule has 0 aliphatic carbocycles. The number of terminal acetylenes is 1. The third-order valence-corrected chi connectivity index (χ3v) is 1.34. The van der Waals surface area contributed by atoms with E-state index in [2.05, 4.69) is 5.92 Å². The van der Waals surface area contributed by atoms with Gasteiger partial charge < -0.3 is 14.6 Å². The van der Waals surface area contributed by atoms with Crippen LogP contribution in [0.25, 0.3) is 0 Å². The lowest BCUT2D eigenvalue weighted by Crippen LogP contribution is -2.14. The Morgan fingerprint density at radius 2 is 2.17 bits per heavy atom. The average Bonchev–Trinajstić information content (AvgIpc) is 2.11. The molecular formula is C9H16O3. The van der Waals surface area contributed by atoms with Crippen LogP contribution in [0.2, 0.25) is 0 Å². The number of aliphatic hydroxyl groups is 1. The Bertz CT molecular complexity index is 128. The zero-order valence-corrected chi connectivity index (χ0v) is 7.45. The largest absolute Gasteiger partial charge is 0.394 e. The molecule has 1 N–H and O–H groups in total. The van der Waals surface area contributed by atoms with Gasteiger partial charge >= 0.3 is 0 Å². The van der Waals surface area contributed by atoms with Gasteiger partial charge in [0.25, 0.3) is 0 Å². The van der Waals surface area contributed by atoms with Crippen LogP contribution in [0.15, 0.2) is 0 Å². The van der Waals surface area contributed by atoms with E-state index in [0.717, 1.165) is 6.42 Å². The molecule has 0 aromatic carbocycles. The summed E-state index contributed by atoms with van der Waals surface area (Å²) in [5.74, 6) is 2.52. The molecule has 0 fully saturated rings. The molecule has 1 unspecified atom stereocenters. The standard InChI is InChI=1S/C9H16O3/c1-3-9(4-2)12-8-7-11-6-5-10/h1,9-10H,4-8H2,2H3. The van der Waals surface area contributed by atoms with Crippen molar-refractivity contribution in [3.8, 4) is 12.3 Å². The van der Waals surface area contributed by atoms with Crippen molar-refractivity contribution in [1.29, 1.82) is 0 Å². The maximum atomic E-state index is 8.37. The first-order chi connectivity index (χ1) is 5.85. The van der Waals surface area contributed by atoms with Gasteiger partial charge in [0, 0.05) is 0 Å². The molecule has 12 heavy (non-hydrogen) atoms. The topological polar surface area (TPSA) is 38.7 Å². The molecule has 1 atom stereocenters. The van der Waals surface area contributed by atoms with E-state index in [-0.39, 0.29) is 12.7 Å². The molecule has 0 amide bonds. The first-order valence-corrected chi connectivity index (χ1v) is 4.11. The zero-order chi connectivity index (χ0) is 9.23. The number of hydrogen-bond donors (Lipinski definition) is 1. The first-order valence-electron chi connectivity index (χ1n) is 4.11. The Labute approximate surface area is 73.7 Å². The van der Waals surface area contributed by atoms with Gasteiger partial charge in [0.05, 0.1) is 26.4 Å². The van der Waals surface area contributed by atoms with Gasteiger partial charge in [0.2, 0.25) is 0 Å². The van der Waals surface area contributed by atoms with Crippen molar-refractivity contribution in [3.63, 3.8) is 0 Å². The number of ether oxygens (including phenoxy) is 2. The Morgan fingerprint density at radius 3 is 2.67 bits per heavy atom. The molecular weight excluding hydrogens is 156 g/mol. The SMILES string of the molecule is C#CC(CC)OCCOCCO. The van der Waals surface area contributed by atoms with E-state index in [1.54, 1.807) is 0 Å². The molecule has 0 bridgehead atoms. The Kier molecular flexibility index (Phi) is 8.14. The third kappa shape index (κ3) is 6.17. The molecule has 0 saturated carbocycles. The Hall–Kier alpha value is -0.560. The summed E-state index contributed by atoms with van der Waals surface area (Å²) >= 11 is 0. The summed E-state index contributed by atoms with van der Waals surface area (Å²) in [6.45, 7) is 3.35. The number of aliphatic hydroxyl groups excluding tert-OH is 1. The smallest absolute Gasteiger partial charge is 0.117 e. The van der Waals surface area contributed by atoms with Crippen molar-refractivity contribution in [3.05, 3.63) is 0 Å². The van der Waals surface area contributed by atoms with Gasteiger partial charge in [-0.2, -0.15) is 0 Å². The highest BCUT2D eigenvalue weighted by Gasteiger charge is 1.99. The van der Waals surface area contributed by atoms with E-state index in [4.69, 9.17) is 21.0 Å². The molecule has 0 radical (unpaired) electrons. The summed E-state index contributed by atoms with van der Waals surface area (Å²) in [6, 6.07) is 0. The molecule has 0 aromatic heterocycles. The highest BCUT2D eigenvalue weighted by molar-refractivity contribution is 4.93. The summed E-state index contributed by atoms with van der Waals surface area (Å²) in [5, 5.41) is 8.37. The quantitative estimate of drug-likeness (QED) is 0.447. The first kappa shape index (κ1) is 11.4. The van der Waals surface area contributed by atoms with E-state index in [9.17, 15) is 0 Å². The highest BCUT2D eigenvalue weighted by Crippen LogP contribution is 1.94. The van der Waals surface area contributed by atoms with Crippen molar-refractivity contribution in [2.24, 2.45) is 0 Å². The molecule has 3 nitrogen and oxygen atoms in total. The molecule has 0 heterocycles. The van der Waals surface area contributed by atoms with Crippen LogP contribution >= 0.6 is 0 Å². The minimum atomic E-state index is -0.109. The van der Waals surface area contributed by atoms with Crippen LogP contribution in [0.3, 0.4) is 0 Å². The fourth-order valence-electron chi connectivity index (χ4n) is 0.700. The van der Waals surface area contributed by atoms with Gasteiger partial charge in [0.15, 0.2) is 0 Å². The average molecular weight is 172 g/mol. The van der Waals surface area contributed by atoms with Crippen molar-refractivity contribution < 1.29 is 14.6 Å². The summed E-state index contributed by atoms with van der Waals surface area (Å²) < 4.78 is 10.2. The molecule has 0 rings (SSSR count). The second-order valence-corrected chi connectivity index (χ2v) is 2.27. The van der Waals surface area contributed by atoms with Crippen molar-refractivity contribution >= 4 is 0 Å². The van der Waals surface area contributed by atoms with Crippen LogP contribution in [0, 0.1) is 12.3 Å². The maximum absolute atomic E-state index is 8.37. The van der Waals surface area contributed by atoms with Gasteiger partial charge in [0.1, 0.15) is 6.10 Å². The summed E-state index contributed by atoms with van der Waals surface area (Å²) in [6.07, 6.45) is 5.88. The molecule has 70 valence electrons. The summed E-state index contributed by atoms with van der Waals surface area (Å²) in [5.41, 5.74) is 0. The van der Waals surface area contributed by atoms with E-state index in [0.29, 0.717) is 19.8 Å². The normalized spacial score (nSPS) is 12.4. The lowest BCUT2D eigenvalue weighted by Gasteiger charge is -2.09. The number of hydrogen-bond acceptors (Lipinski definition) is 3. The van der Waals surface area contributed by atoms with E-state index >= 15 is 0 Å². The Balaban J connectivity index is 3.13. The van der Waals surface area contributed by atoms with Crippen LogP contribution in [-0.2, 0) is 9.47 Å². The molecule has 0 aromatic rings. The van der Waals surface area contributed by atoms with Gasteiger partial charge in [-0.3, -0.25) is 0 Å². The lowest BCUT2D eigenvalue weighted by molar-refractivity contribution is 0.0154. The second kappa shape index (κ2) is 8.54. The molecule has 0 saturated heterocycles. The predicted molar refractivity (Wildman–Crippen MR) is 46.8 cm³/mol. The van der Waals surface area contributed by atoms with Crippen molar-refractivity contribution in [2.45, 2.75) is 19.4 Å². The van der Waals surface area contributed by atoms with Crippen molar-refractivity contribution in [2.75, 3.05) is 26.4 Å². The van der Waals surface area contributed by atoms with Crippen LogP contribution < -0.4 is 0 Å². The zero-order valence-electron chi connectivity index (χ0n) is 7.45. The molecule has 0 aliphatic rings. The number of rotatable bonds is 7. The van der Waals surface area contributed by atoms with E-state index in [1.807, 2.05) is 6.92 Å². The predicted octanol–water partition coefficient (Wildman–Crippen LogP) is 0.424. The molecule has 0 aliphatic heterocycles. The van der Waals surface area contributed by atoms with Gasteiger partial charge in [-0.15, -0.1) is 6.42 Å². The molecule has 3 heteroatoms. The van der Waals surface area contributed by atoms with Crippen LogP contribution in [0.5, 0.6) is 0 Å². The lowest BCUT2D eigenvalue weighted by atomic mass is 10.3. The van der Waals surface area contributed by atoms with Gasteiger partial charge in [-0.1, -0.05) is 12.8 Å². The fourth-order valence-corrected chi connectivity index (χ4v) is 0.700. The highest BCUT2D eigenvalue weighted by atomic mass is 16.5. The Morgan fingerprint density at radius 1 is 1.42 bits per heavy atom. The molecule has 0 spiro atoms. The third-order valence-electron chi connectivity index (χ3n) is 1.34. The fraction of sp³-hybridized carbons (Fsp3) is 0.778. The summed E-state index contributed by atoms with van der Waals surface area (Å²) in [7, 11) is 0. The van der Waals surface area contributed by atoms with Crippen LogP contribution in [0.1, 0.15) is 13.3 Å². The second-order valence-electron chi connectivity index (χ2n) is 2.27. The minimum Gasteiger partial charge on any atom is -0.394 e. The van der Waals surface area contributed by atoms with Gasteiger partial charge in [-0.05, 0) is 6.42 Å². The van der Waals surface area contributed by atoms with E-state index < -0.39 is 0 Å². The van der Waals surface area contributed by atoms with Crippen LogP contribution in [0.4, 0.5) is 0 Å².